The molecule has 0 atom stereocenters. The Morgan fingerprint density at radius 2 is 1.73 bits per heavy atom. The highest BCUT2D eigenvalue weighted by atomic mass is 79.9. The second-order valence-corrected chi connectivity index (χ2v) is 6.31. The number of hydrogen-bond donors (Lipinski definition) is 1. The van der Waals surface area contributed by atoms with Gasteiger partial charge in [-0.2, -0.15) is 0 Å². The van der Waals surface area contributed by atoms with Gasteiger partial charge in [0.1, 0.15) is 5.75 Å². The van der Waals surface area contributed by atoms with E-state index in [0.29, 0.717) is 11.3 Å². The van der Waals surface area contributed by atoms with E-state index >= 15 is 0 Å². The first-order chi connectivity index (χ1) is 10.6. The van der Waals surface area contributed by atoms with Crippen LogP contribution in [-0.4, -0.2) is 24.7 Å². The van der Waals surface area contributed by atoms with Gasteiger partial charge in [-0.15, -0.1) is 11.8 Å². The van der Waals surface area contributed by atoms with E-state index in [-0.39, 0.29) is 11.7 Å². The van der Waals surface area contributed by atoms with Crippen molar-refractivity contribution in [1.29, 1.82) is 0 Å². The lowest BCUT2D eigenvalue weighted by molar-refractivity contribution is -0.117. The van der Waals surface area contributed by atoms with Crippen LogP contribution in [0.5, 0.6) is 5.75 Å². The zero-order valence-electron chi connectivity index (χ0n) is 11.8. The van der Waals surface area contributed by atoms with Gasteiger partial charge >= 0.3 is 0 Å². The Morgan fingerprint density at radius 1 is 1.09 bits per heavy atom. The minimum Gasteiger partial charge on any atom is -0.497 e. The molecule has 0 aliphatic rings. The van der Waals surface area contributed by atoms with Crippen molar-refractivity contribution in [3.05, 3.63) is 58.6 Å². The molecule has 0 fully saturated rings. The first-order valence-electron chi connectivity index (χ1n) is 6.45. The van der Waals surface area contributed by atoms with Gasteiger partial charge in [-0.3, -0.25) is 14.9 Å². The molecule has 0 saturated heterocycles. The minimum absolute atomic E-state index is 0.184. The van der Waals surface area contributed by atoms with Gasteiger partial charge in [0.05, 0.1) is 12.9 Å². The Labute approximate surface area is 141 Å². The highest BCUT2D eigenvalue weighted by molar-refractivity contribution is 9.10. The molecular weight excluding hydrogens is 366 g/mol. The van der Waals surface area contributed by atoms with Gasteiger partial charge in [0.25, 0.3) is 5.91 Å². The number of methoxy groups -OCH3 is 1. The average Bonchev–Trinajstić information content (AvgIpc) is 2.54. The average molecular weight is 380 g/mol. The molecule has 0 heterocycles. The summed E-state index contributed by atoms with van der Waals surface area (Å²) in [6.07, 6.45) is 0. The summed E-state index contributed by atoms with van der Waals surface area (Å²) in [5, 5.41) is 2.37. The monoisotopic (exact) mass is 379 g/mol. The Kier molecular flexibility index (Phi) is 6.03. The Balaban J connectivity index is 1.85. The number of carbonyl (C=O) groups is 2. The van der Waals surface area contributed by atoms with Gasteiger partial charge in [0, 0.05) is 14.9 Å². The molecule has 4 nitrogen and oxygen atoms in total. The Bertz CT molecular complexity index is 656. The smallest absolute Gasteiger partial charge is 0.257 e. The molecule has 2 aromatic carbocycles. The van der Waals surface area contributed by atoms with Crippen LogP contribution in [-0.2, 0) is 4.79 Å². The summed E-state index contributed by atoms with van der Waals surface area (Å²) in [7, 11) is 1.55. The third-order valence-corrected chi connectivity index (χ3v) is 4.33. The van der Waals surface area contributed by atoms with E-state index in [0.717, 1.165) is 9.37 Å². The molecule has 6 heteroatoms. The van der Waals surface area contributed by atoms with Gasteiger partial charge < -0.3 is 4.74 Å². The molecule has 114 valence electrons. The molecular formula is C16H14BrNO3S. The highest BCUT2D eigenvalue weighted by Gasteiger charge is 2.10. The molecule has 22 heavy (non-hydrogen) atoms. The van der Waals surface area contributed by atoms with Crippen LogP contribution in [0.1, 0.15) is 10.4 Å². The number of ether oxygens (including phenoxy) is 1. The molecule has 0 spiro atoms. The number of nitrogens with one attached hydrogen (secondary N) is 1. The molecule has 1 N–H and O–H groups in total. The van der Waals surface area contributed by atoms with Crippen molar-refractivity contribution >= 4 is 39.5 Å². The molecule has 2 rings (SSSR count). The lowest BCUT2D eigenvalue weighted by atomic mass is 10.2. The van der Waals surface area contributed by atoms with Crippen molar-refractivity contribution in [3.8, 4) is 5.75 Å². The molecule has 0 unspecified atom stereocenters. The summed E-state index contributed by atoms with van der Waals surface area (Å²) in [5.41, 5.74) is 0.419. The van der Waals surface area contributed by atoms with E-state index in [1.807, 2.05) is 24.3 Å². The summed E-state index contributed by atoms with van der Waals surface area (Å²) in [6, 6.07) is 14.2. The van der Waals surface area contributed by atoms with Crippen molar-refractivity contribution < 1.29 is 14.3 Å². The predicted octanol–water partition coefficient (Wildman–Crippen LogP) is 3.51. The molecule has 0 saturated carbocycles. The molecule has 0 aliphatic carbocycles. The van der Waals surface area contributed by atoms with Gasteiger partial charge in [-0.25, -0.2) is 0 Å². The van der Waals surface area contributed by atoms with Crippen LogP contribution in [0.3, 0.4) is 0 Å². The zero-order chi connectivity index (χ0) is 15.9. The maximum absolute atomic E-state index is 11.9. The number of hydrogen-bond acceptors (Lipinski definition) is 4. The number of carbonyl (C=O) groups excluding carboxylic acids is 2. The molecule has 0 aromatic heterocycles. The molecule has 0 aliphatic heterocycles. The fourth-order valence-electron chi connectivity index (χ4n) is 1.66. The zero-order valence-corrected chi connectivity index (χ0v) is 14.2. The SMILES string of the molecule is COc1ccc(C(=O)NC(=O)CSc2ccc(Br)cc2)cc1. The first-order valence-corrected chi connectivity index (χ1v) is 8.23. The third-order valence-electron chi connectivity index (χ3n) is 2.79. The number of thioether (sulfide) groups is 1. The van der Waals surface area contributed by atoms with Gasteiger partial charge in [0.2, 0.25) is 5.91 Å². The lowest BCUT2D eigenvalue weighted by Gasteiger charge is -2.05. The van der Waals surface area contributed by atoms with Crippen LogP contribution in [0.4, 0.5) is 0 Å². The summed E-state index contributed by atoms with van der Waals surface area (Å²) in [5.74, 6) is 0.107. The van der Waals surface area contributed by atoms with Crippen LogP contribution in [0.2, 0.25) is 0 Å². The summed E-state index contributed by atoms with van der Waals surface area (Å²) < 4.78 is 6.00. The maximum Gasteiger partial charge on any atom is 0.257 e. The summed E-state index contributed by atoms with van der Waals surface area (Å²) in [4.78, 5) is 24.7. The van der Waals surface area contributed by atoms with Crippen molar-refractivity contribution in [2.24, 2.45) is 0 Å². The van der Waals surface area contributed by atoms with Crippen molar-refractivity contribution in [1.82, 2.24) is 5.32 Å². The standard InChI is InChI=1S/C16H14BrNO3S/c1-21-13-6-2-11(3-7-13)16(20)18-15(19)10-22-14-8-4-12(17)5-9-14/h2-9H,10H2,1H3,(H,18,19,20). The fraction of sp³-hybridized carbons (Fsp3) is 0.125. The predicted molar refractivity (Wildman–Crippen MR) is 90.3 cm³/mol. The molecule has 2 amide bonds. The van der Waals surface area contributed by atoms with Crippen LogP contribution in [0.25, 0.3) is 0 Å². The molecule has 2 aromatic rings. The first kappa shape index (κ1) is 16.6. The minimum atomic E-state index is -0.413. The normalized spacial score (nSPS) is 10.1. The van der Waals surface area contributed by atoms with Crippen LogP contribution >= 0.6 is 27.7 Å². The third kappa shape index (κ3) is 4.89. The Morgan fingerprint density at radius 3 is 2.32 bits per heavy atom. The molecule has 0 radical (unpaired) electrons. The van der Waals surface area contributed by atoms with Crippen molar-refractivity contribution in [2.45, 2.75) is 4.90 Å². The van der Waals surface area contributed by atoms with E-state index in [9.17, 15) is 9.59 Å². The number of amides is 2. The highest BCUT2D eigenvalue weighted by Crippen LogP contribution is 2.20. The van der Waals surface area contributed by atoms with Gasteiger partial charge in [-0.1, -0.05) is 15.9 Å². The largest absolute Gasteiger partial charge is 0.497 e. The van der Waals surface area contributed by atoms with Crippen LogP contribution < -0.4 is 10.1 Å². The number of rotatable bonds is 5. The summed E-state index contributed by atoms with van der Waals surface area (Å²) in [6.45, 7) is 0. The number of halogens is 1. The molecule has 0 bridgehead atoms. The maximum atomic E-state index is 11.9. The van der Waals surface area contributed by atoms with E-state index in [1.165, 1.54) is 11.8 Å². The van der Waals surface area contributed by atoms with Gasteiger partial charge in [-0.05, 0) is 48.5 Å². The summed E-state index contributed by atoms with van der Waals surface area (Å²) >= 11 is 4.73. The van der Waals surface area contributed by atoms with Crippen molar-refractivity contribution in [2.75, 3.05) is 12.9 Å². The second-order valence-electron chi connectivity index (χ2n) is 4.35. The lowest BCUT2D eigenvalue weighted by Crippen LogP contribution is -2.31. The number of imide groups is 1. The van der Waals surface area contributed by atoms with Gasteiger partial charge in [0.15, 0.2) is 0 Å². The second kappa shape index (κ2) is 8.00. The quantitative estimate of drug-likeness (QED) is 0.807. The van der Waals surface area contributed by atoms with Crippen LogP contribution in [0.15, 0.2) is 57.9 Å². The Hall–Kier alpha value is -1.79. The van der Waals surface area contributed by atoms with E-state index in [1.54, 1.807) is 31.4 Å². The fourth-order valence-corrected chi connectivity index (χ4v) is 2.62. The van der Waals surface area contributed by atoms with E-state index in [2.05, 4.69) is 21.2 Å². The van der Waals surface area contributed by atoms with E-state index in [4.69, 9.17) is 4.74 Å². The van der Waals surface area contributed by atoms with Crippen LogP contribution in [0, 0.1) is 0 Å². The van der Waals surface area contributed by atoms with Crippen molar-refractivity contribution in [3.63, 3.8) is 0 Å². The topological polar surface area (TPSA) is 55.4 Å². The number of benzene rings is 2. The van der Waals surface area contributed by atoms with E-state index < -0.39 is 5.91 Å².